The molecular weight excluding hydrogens is 442 g/mol. The van der Waals surface area contributed by atoms with Crippen molar-refractivity contribution in [2.24, 2.45) is 13.0 Å². The molecule has 8 nitrogen and oxygen atoms in total. The van der Waals surface area contributed by atoms with Gasteiger partial charge in [0.1, 0.15) is 6.04 Å². The Bertz CT molecular complexity index is 1260. The number of carbonyl (C=O) groups excluding carboxylic acids is 1. The molecule has 2 aromatic carbocycles. The standard InChI is InChI=1S/C21H24ClN3O5S/c1-13(2)10-17(20(26)23-12-14-6-4-5-7-16(14)22)24-31(28,29)15-8-9-18-19(11-15)30-21(27)25(18)3/h4-9,11,13,17,24H,10,12H2,1-3H3,(H,23,26). The number of hydrogen-bond donors (Lipinski definition) is 2. The lowest BCUT2D eigenvalue weighted by Gasteiger charge is -2.20. The molecule has 0 bridgehead atoms. The molecule has 0 aliphatic rings. The van der Waals surface area contributed by atoms with Gasteiger partial charge in [0.05, 0.1) is 10.4 Å². The van der Waals surface area contributed by atoms with Crippen molar-refractivity contribution in [2.75, 3.05) is 0 Å². The molecule has 2 N–H and O–H groups in total. The van der Waals surface area contributed by atoms with E-state index in [-0.39, 0.29) is 22.9 Å². The molecule has 0 aliphatic carbocycles. The number of halogens is 1. The van der Waals surface area contributed by atoms with Gasteiger partial charge in [-0.3, -0.25) is 9.36 Å². The molecule has 3 aromatic rings. The van der Waals surface area contributed by atoms with Gasteiger partial charge in [-0.1, -0.05) is 43.6 Å². The van der Waals surface area contributed by atoms with Gasteiger partial charge in [0.2, 0.25) is 15.9 Å². The van der Waals surface area contributed by atoms with Gasteiger partial charge in [-0.25, -0.2) is 13.2 Å². The maximum Gasteiger partial charge on any atom is 0.419 e. The fraction of sp³-hybridized carbons (Fsp3) is 0.333. The van der Waals surface area contributed by atoms with Crippen molar-refractivity contribution < 1.29 is 17.6 Å². The first-order valence-corrected chi connectivity index (χ1v) is 11.6. The molecular formula is C21H24ClN3O5S. The molecule has 1 atom stereocenters. The number of oxazole rings is 1. The first-order chi connectivity index (χ1) is 14.6. The van der Waals surface area contributed by atoms with Crippen molar-refractivity contribution in [3.63, 3.8) is 0 Å². The average Bonchev–Trinajstić information content (AvgIpc) is 2.99. The highest BCUT2D eigenvalue weighted by Crippen LogP contribution is 2.19. The van der Waals surface area contributed by atoms with Crippen LogP contribution in [0.25, 0.3) is 11.1 Å². The maximum atomic E-state index is 13.0. The molecule has 0 saturated carbocycles. The van der Waals surface area contributed by atoms with E-state index in [2.05, 4.69) is 10.0 Å². The zero-order valence-electron chi connectivity index (χ0n) is 17.4. The number of nitrogens with one attached hydrogen (secondary N) is 2. The zero-order valence-corrected chi connectivity index (χ0v) is 19.0. The number of hydrogen-bond acceptors (Lipinski definition) is 5. The highest BCUT2D eigenvalue weighted by Gasteiger charge is 2.27. The molecule has 10 heteroatoms. The van der Waals surface area contributed by atoms with Gasteiger partial charge in [0.15, 0.2) is 5.58 Å². The Hall–Kier alpha value is -2.62. The second kappa shape index (κ2) is 9.25. The minimum Gasteiger partial charge on any atom is -0.408 e. The highest BCUT2D eigenvalue weighted by molar-refractivity contribution is 7.89. The fourth-order valence-corrected chi connectivity index (χ4v) is 4.59. The van der Waals surface area contributed by atoms with Gasteiger partial charge in [-0.15, -0.1) is 0 Å². The highest BCUT2D eigenvalue weighted by atomic mass is 35.5. The molecule has 0 aliphatic heterocycles. The average molecular weight is 466 g/mol. The van der Waals surface area contributed by atoms with Gasteiger partial charge in [0.25, 0.3) is 0 Å². The Morgan fingerprint density at radius 3 is 2.58 bits per heavy atom. The van der Waals surface area contributed by atoms with E-state index in [0.29, 0.717) is 17.0 Å². The zero-order chi connectivity index (χ0) is 22.8. The summed E-state index contributed by atoms with van der Waals surface area (Å²) in [5.74, 6) is -0.980. The summed E-state index contributed by atoms with van der Waals surface area (Å²) >= 11 is 6.12. The number of sulfonamides is 1. The van der Waals surface area contributed by atoms with Gasteiger partial charge in [0, 0.05) is 24.7 Å². The van der Waals surface area contributed by atoms with Crippen molar-refractivity contribution >= 4 is 38.6 Å². The Kier molecular flexibility index (Phi) is 6.88. The number of nitrogens with zero attached hydrogens (tertiary/aromatic N) is 1. The summed E-state index contributed by atoms with van der Waals surface area (Å²) in [5.41, 5.74) is 1.35. The van der Waals surface area contributed by atoms with Crippen LogP contribution >= 0.6 is 11.6 Å². The second-order valence-electron chi connectivity index (χ2n) is 7.67. The van der Waals surface area contributed by atoms with Crippen molar-refractivity contribution in [3.8, 4) is 0 Å². The lowest BCUT2D eigenvalue weighted by atomic mass is 10.0. The Labute approximate surface area is 185 Å². The first kappa shape index (κ1) is 23.1. The van der Waals surface area contributed by atoms with E-state index < -0.39 is 27.7 Å². The minimum absolute atomic E-state index is 0.0633. The molecule has 0 radical (unpaired) electrons. The summed E-state index contributed by atoms with van der Waals surface area (Å²) in [6.07, 6.45) is 0.302. The minimum atomic E-state index is -4.04. The van der Waals surface area contributed by atoms with Crippen LogP contribution < -0.4 is 15.8 Å². The van der Waals surface area contributed by atoms with Crippen LogP contribution in [0, 0.1) is 5.92 Å². The molecule has 1 heterocycles. The number of fused-ring (bicyclic) bond motifs is 1. The molecule has 0 spiro atoms. The first-order valence-electron chi connectivity index (χ1n) is 9.71. The molecule has 0 fully saturated rings. The predicted molar refractivity (Wildman–Crippen MR) is 118 cm³/mol. The number of carbonyl (C=O) groups is 1. The number of rotatable bonds is 8. The van der Waals surface area contributed by atoms with Crippen LogP contribution in [-0.2, 0) is 28.4 Å². The smallest absolute Gasteiger partial charge is 0.408 e. The van der Waals surface area contributed by atoms with Gasteiger partial charge >= 0.3 is 5.76 Å². The second-order valence-corrected chi connectivity index (χ2v) is 9.79. The van der Waals surface area contributed by atoms with E-state index in [4.69, 9.17) is 16.0 Å². The van der Waals surface area contributed by atoms with E-state index >= 15 is 0 Å². The summed E-state index contributed by atoms with van der Waals surface area (Å²) in [5, 5.41) is 3.26. The number of aromatic nitrogens is 1. The van der Waals surface area contributed by atoms with Gasteiger partial charge in [-0.2, -0.15) is 4.72 Å². The topological polar surface area (TPSA) is 110 Å². The summed E-state index contributed by atoms with van der Waals surface area (Å²) in [6, 6.07) is 10.2. The van der Waals surface area contributed by atoms with E-state index in [1.54, 1.807) is 24.3 Å². The molecule has 1 unspecified atom stereocenters. The van der Waals surface area contributed by atoms with E-state index in [1.807, 2.05) is 13.8 Å². The molecule has 1 aromatic heterocycles. The van der Waals surface area contributed by atoms with Crippen LogP contribution in [0.4, 0.5) is 0 Å². The maximum absolute atomic E-state index is 13.0. The number of benzene rings is 2. The van der Waals surface area contributed by atoms with Crippen LogP contribution in [-0.4, -0.2) is 24.9 Å². The molecule has 1 amide bonds. The quantitative estimate of drug-likeness (QED) is 0.531. The van der Waals surface area contributed by atoms with Crippen LogP contribution in [0.1, 0.15) is 25.8 Å². The third kappa shape index (κ3) is 5.36. The van der Waals surface area contributed by atoms with Crippen LogP contribution in [0.3, 0.4) is 0 Å². The predicted octanol–water partition coefficient (Wildman–Crippen LogP) is 2.79. The van der Waals surface area contributed by atoms with Gasteiger partial charge < -0.3 is 9.73 Å². The Morgan fingerprint density at radius 2 is 1.90 bits per heavy atom. The lowest BCUT2D eigenvalue weighted by molar-refractivity contribution is -0.123. The largest absolute Gasteiger partial charge is 0.419 e. The lowest BCUT2D eigenvalue weighted by Crippen LogP contribution is -2.47. The summed E-state index contributed by atoms with van der Waals surface area (Å²) in [4.78, 5) is 24.4. The molecule has 31 heavy (non-hydrogen) atoms. The molecule has 166 valence electrons. The van der Waals surface area contributed by atoms with Crippen molar-refractivity contribution in [1.29, 1.82) is 0 Å². The van der Waals surface area contributed by atoms with Crippen molar-refractivity contribution in [1.82, 2.24) is 14.6 Å². The summed E-state index contributed by atoms with van der Waals surface area (Å²) < 4.78 is 34.7. The van der Waals surface area contributed by atoms with Gasteiger partial charge in [-0.05, 0) is 36.1 Å². The normalized spacial score (nSPS) is 12.9. The van der Waals surface area contributed by atoms with Crippen molar-refractivity contribution in [3.05, 3.63) is 63.6 Å². The SMILES string of the molecule is CC(C)CC(NS(=O)(=O)c1ccc2c(c1)oc(=O)n2C)C(=O)NCc1ccccc1Cl. The van der Waals surface area contributed by atoms with Crippen LogP contribution in [0.5, 0.6) is 0 Å². The third-order valence-corrected chi connectivity index (χ3v) is 6.64. The number of amides is 1. The number of aryl methyl sites for hydroxylation is 1. The third-order valence-electron chi connectivity index (χ3n) is 4.81. The Balaban J connectivity index is 1.81. The fourth-order valence-electron chi connectivity index (χ4n) is 3.16. The van der Waals surface area contributed by atoms with E-state index in [9.17, 15) is 18.0 Å². The Morgan fingerprint density at radius 1 is 1.19 bits per heavy atom. The summed E-state index contributed by atoms with van der Waals surface area (Å²) in [7, 11) is -2.51. The molecule has 0 saturated heterocycles. The van der Waals surface area contributed by atoms with Crippen molar-refractivity contribution in [2.45, 2.75) is 37.8 Å². The monoisotopic (exact) mass is 465 g/mol. The molecule has 3 rings (SSSR count). The summed E-state index contributed by atoms with van der Waals surface area (Å²) in [6.45, 7) is 3.97. The van der Waals surface area contributed by atoms with E-state index in [0.717, 1.165) is 5.56 Å². The van der Waals surface area contributed by atoms with Crippen LogP contribution in [0.15, 0.2) is 56.6 Å². The van der Waals surface area contributed by atoms with Crippen LogP contribution in [0.2, 0.25) is 5.02 Å². The van der Waals surface area contributed by atoms with E-state index in [1.165, 1.54) is 29.8 Å².